The first-order valence-corrected chi connectivity index (χ1v) is 6.35. The van der Waals surface area contributed by atoms with Crippen LogP contribution in [0.25, 0.3) is 0 Å². The second kappa shape index (κ2) is 5.71. The average Bonchev–Trinajstić information content (AvgIpc) is 2.82. The zero-order valence-corrected chi connectivity index (χ0v) is 10.9. The van der Waals surface area contributed by atoms with Crippen LogP contribution in [0.5, 0.6) is 0 Å². The van der Waals surface area contributed by atoms with E-state index in [4.69, 9.17) is 28.4 Å². The number of halogens is 2. The van der Waals surface area contributed by atoms with Crippen LogP contribution >= 0.6 is 23.2 Å². The molecule has 92 valence electrons. The van der Waals surface area contributed by atoms with Crippen molar-refractivity contribution in [2.24, 2.45) is 5.16 Å². The zero-order valence-electron chi connectivity index (χ0n) is 9.37. The number of nitrogens with zero attached hydrogens (tertiary/aromatic N) is 2. The second-order valence-corrected chi connectivity index (χ2v) is 4.97. The summed E-state index contributed by atoms with van der Waals surface area (Å²) in [5.74, 6) is 0. The van der Waals surface area contributed by atoms with Crippen molar-refractivity contribution in [3.8, 4) is 0 Å². The molecule has 0 aromatic heterocycles. The smallest absolute Gasteiger partial charge is 0.101 e. The standard InChI is InChI=1S/C12H14Cl2N2O/c13-10-4-3-9(7-11(10)14)12(15-17)8-16-5-1-2-6-16/h3-4,7,17H,1-2,5-6,8H2. The number of oxime groups is 1. The Morgan fingerprint density at radius 3 is 2.53 bits per heavy atom. The third-order valence-corrected chi connectivity index (χ3v) is 3.68. The van der Waals surface area contributed by atoms with Crippen LogP contribution in [-0.4, -0.2) is 35.5 Å². The molecule has 1 heterocycles. The minimum Gasteiger partial charge on any atom is -0.411 e. The molecule has 2 rings (SSSR count). The molecule has 0 aliphatic carbocycles. The van der Waals surface area contributed by atoms with Gasteiger partial charge in [-0.15, -0.1) is 0 Å². The lowest BCUT2D eigenvalue weighted by Gasteiger charge is -2.15. The van der Waals surface area contributed by atoms with Crippen molar-refractivity contribution in [1.29, 1.82) is 0 Å². The molecule has 3 nitrogen and oxygen atoms in total. The Balaban J connectivity index is 2.14. The normalized spacial score (nSPS) is 17.6. The molecule has 0 bridgehead atoms. The minimum atomic E-state index is 0.478. The molecule has 1 aromatic carbocycles. The van der Waals surface area contributed by atoms with E-state index in [0.717, 1.165) is 18.7 Å². The summed E-state index contributed by atoms with van der Waals surface area (Å²) in [4.78, 5) is 2.26. The van der Waals surface area contributed by atoms with Crippen molar-refractivity contribution >= 4 is 28.9 Å². The Morgan fingerprint density at radius 1 is 1.24 bits per heavy atom. The summed E-state index contributed by atoms with van der Waals surface area (Å²) in [7, 11) is 0. The Hall–Kier alpha value is -0.770. The van der Waals surface area contributed by atoms with E-state index >= 15 is 0 Å². The third-order valence-electron chi connectivity index (χ3n) is 2.95. The van der Waals surface area contributed by atoms with E-state index < -0.39 is 0 Å². The third kappa shape index (κ3) is 3.12. The van der Waals surface area contributed by atoms with E-state index in [0.29, 0.717) is 22.3 Å². The first kappa shape index (κ1) is 12.7. The van der Waals surface area contributed by atoms with E-state index in [1.807, 2.05) is 6.07 Å². The van der Waals surface area contributed by atoms with E-state index in [1.54, 1.807) is 12.1 Å². The molecule has 0 unspecified atom stereocenters. The molecule has 1 fully saturated rings. The van der Waals surface area contributed by atoms with Gasteiger partial charge in [0, 0.05) is 12.1 Å². The molecular weight excluding hydrogens is 259 g/mol. The fraction of sp³-hybridized carbons (Fsp3) is 0.417. The van der Waals surface area contributed by atoms with Crippen LogP contribution in [0.15, 0.2) is 23.4 Å². The summed E-state index contributed by atoms with van der Waals surface area (Å²) in [6.07, 6.45) is 2.42. The van der Waals surface area contributed by atoms with Crippen LogP contribution in [0.2, 0.25) is 10.0 Å². The molecular formula is C12H14Cl2N2O. The van der Waals surface area contributed by atoms with Gasteiger partial charge in [0.05, 0.1) is 10.0 Å². The molecule has 0 saturated carbocycles. The van der Waals surface area contributed by atoms with Crippen molar-refractivity contribution in [3.05, 3.63) is 33.8 Å². The number of benzene rings is 1. The topological polar surface area (TPSA) is 35.8 Å². The fourth-order valence-corrected chi connectivity index (χ4v) is 2.31. The number of hydrogen-bond acceptors (Lipinski definition) is 3. The minimum absolute atomic E-state index is 0.478. The highest BCUT2D eigenvalue weighted by molar-refractivity contribution is 6.42. The predicted octanol–water partition coefficient (Wildman–Crippen LogP) is 3.27. The van der Waals surface area contributed by atoms with Gasteiger partial charge in [-0.2, -0.15) is 0 Å². The number of rotatable bonds is 3. The van der Waals surface area contributed by atoms with Gasteiger partial charge in [-0.1, -0.05) is 34.4 Å². The molecule has 1 aliphatic heterocycles. The molecule has 0 radical (unpaired) electrons. The first-order chi connectivity index (χ1) is 8.20. The van der Waals surface area contributed by atoms with E-state index in [9.17, 15) is 0 Å². The van der Waals surface area contributed by atoms with E-state index in [1.165, 1.54) is 12.8 Å². The Bertz CT molecular complexity index is 429. The van der Waals surface area contributed by atoms with Crippen molar-refractivity contribution in [2.75, 3.05) is 19.6 Å². The second-order valence-electron chi connectivity index (χ2n) is 4.16. The number of hydrogen-bond donors (Lipinski definition) is 1. The van der Waals surface area contributed by atoms with Crippen molar-refractivity contribution in [1.82, 2.24) is 4.90 Å². The van der Waals surface area contributed by atoms with Crippen LogP contribution in [-0.2, 0) is 0 Å². The average molecular weight is 273 g/mol. The van der Waals surface area contributed by atoms with Crippen LogP contribution in [0.3, 0.4) is 0 Å². The van der Waals surface area contributed by atoms with Gasteiger partial charge in [-0.25, -0.2) is 0 Å². The summed E-state index contributed by atoms with van der Waals surface area (Å²) in [6, 6.07) is 5.27. The summed E-state index contributed by atoms with van der Waals surface area (Å²) >= 11 is 11.8. The maximum Gasteiger partial charge on any atom is 0.101 e. The van der Waals surface area contributed by atoms with Crippen LogP contribution in [0, 0.1) is 0 Å². The molecule has 1 aromatic rings. The van der Waals surface area contributed by atoms with Gasteiger partial charge < -0.3 is 5.21 Å². The SMILES string of the molecule is ON=C(CN1CCCC1)c1ccc(Cl)c(Cl)c1. The molecule has 5 heteroatoms. The van der Waals surface area contributed by atoms with Crippen molar-refractivity contribution in [2.45, 2.75) is 12.8 Å². The predicted molar refractivity (Wildman–Crippen MR) is 70.5 cm³/mol. The Labute approximate surface area is 111 Å². The molecule has 0 spiro atoms. The van der Waals surface area contributed by atoms with Crippen LogP contribution in [0.4, 0.5) is 0 Å². The van der Waals surface area contributed by atoms with Gasteiger partial charge in [0.2, 0.25) is 0 Å². The van der Waals surface area contributed by atoms with E-state index in [2.05, 4.69) is 10.1 Å². The zero-order chi connectivity index (χ0) is 12.3. The molecule has 0 amide bonds. The van der Waals surface area contributed by atoms with E-state index in [-0.39, 0.29) is 0 Å². The highest BCUT2D eigenvalue weighted by Crippen LogP contribution is 2.23. The molecule has 1 N–H and O–H groups in total. The Morgan fingerprint density at radius 2 is 1.94 bits per heavy atom. The monoisotopic (exact) mass is 272 g/mol. The molecule has 0 atom stereocenters. The Kier molecular flexibility index (Phi) is 4.26. The molecule has 17 heavy (non-hydrogen) atoms. The summed E-state index contributed by atoms with van der Waals surface area (Å²) in [5, 5.41) is 13.4. The van der Waals surface area contributed by atoms with Crippen LogP contribution in [0.1, 0.15) is 18.4 Å². The molecule has 1 aliphatic rings. The van der Waals surface area contributed by atoms with Gasteiger partial charge >= 0.3 is 0 Å². The van der Waals surface area contributed by atoms with Gasteiger partial charge in [0.15, 0.2) is 0 Å². The largest absolute Gasteiger partial charge is 0.411 e. The lowest BCUT2D eigenvalue weighted by atomic mass is 10.1. The van der Waals surface area contributed by atoms with Gasteiger partial charge in [-0.3, -0.25) is 4.90 Å². The lowest BCUT2D eigenvalue weighted by molar-refractivity contribution is 0.311. The maximum atomic E-state index is 9.09. The highest BCUT2D eigenvalue weighted by Gasteiger charge is 2.16. The molecule has 1 saturated heterocycles. The van der Waals surface area contributed by atoms with Crippen molar-refractivity contribution < 1.29 is 5.21 Å². The summed E-state index contributed by atoms with van der Waals surface area (Å²) < 4.78 is 0. The van der Waals surface area contributed by atoms with Gasteiger partial charge in [0.25, 0.3) is 0 Å². The van der Waals surface area contributed by atoms with Gasteiger partial charge in [-0.05, 0) is 38.1 Å². The first-order valence-electron chi connectivity index (χ1n) is 5.59. The van der Waals surface area contributed by atoms with Crippen molar-refractivity contribution in [3.63, 3.8) is 0 Å². The van der Waals surface area contributed by atoms with Crippen LogP contribution < -0.4 is 0 Å². The highest BCUT2D eigenvalue weighted by atomic mass is 35.5. The summed E-state index contributed by atoms with van der Waals surface area (Å²) in [5.41, 5.74) is 1.44. The number of likely N-dealkylation sites (tertiary alicyclic amines) is 1. The quantitative estimate of drug-likeness (QED) is 0.521. The summed E-state index contributed by atoms with van der Waals surface area (Å²) in [6.45, 7) is 2.76. The fourth-order valence-electron chi connectivity index (χ4n) is 2.01. The van der Waals surface area contributed by atoms with Gasteiger partial charge in [0.1, 0.15) is 5.71 Å². The lowest BCUT2D eigenvalue weighted by Crippen LogP contribution is -2.27. The maximum absolute atomic E-state index is 9.09.